The summed E-state index contributed by atoms with van der Waals surface area (Å²) in [5.41, 5.74) is 1.46. The summed E-state index contributed by atoms with van der Waals surface area (Å²) >= 11 is 11.6. The topological polar surface area (TPSA) is 69.2 Å². The van der Waals surface area contributed by atoms with Crippen LogP contribution in [0.5, 0.6) is 0 Å². The molecule has 2 N–H and O–H groups in total. The van der Waals surface area contributed by atoms with Gasteiger partial charge in [-0.05, 0) is 24.6 Å². The van der Waals surface area contributed by atoms with Crippen LogP contribution in [0.15, 0.2) is 18.2 Å². The van der Waals surface area contributed by atoms with E-state index in [-0.39, 0.29) is 12.4 Å². The minimum Gasteiger partial charge on any atom is -0.481 e. The Morgan fingerprint density at radius 1 is 1.35 bits per heavy atom. The number of hydrogen-bond donors (Lipinski definition) is 2. The van der Waals surface area contributed by atoms with Gasteiger partial charge in [0.25, 0.3) is 0 Å². The quantitative estimate of drug-likeness (QED) is 0.645. The zero-order chi connectivity index (χ0) is 21.3. The van der Waals surface area contributed by atoms with Crippen LogP contribution in [0.1, 0.15) is 26.8 Å². The van der Waals surface area contributed by atoms with Crippen molar-refractivity contribution in [1.82, 2.24) is 9.97 Å². The van der Waals surface area contributed by atoms with E-state index in [4.69, 9.17) is 36.5 Å². The molecule has 0 atom stereocenters. The first kappa shape index (κ1) is 12.2. The molecular formula is C15H20Cl3N3O2. The third-order valence-corrected chi connectivity index (χ3v) is 3.23. The second kappa shape index (κ2) is 9.85. The predicted molar refractivity (Wildman–Crippen MR) is 97.6 cm³/mol. The first-order chi connectivity index (χ1) is 12.9. The van der Waals surface area contributed by atoms with E-state index in [9.17, 15) is 4.79 Å². The Hall–Kier alpha value is -1.17. The van der Waals surface area contributed by atoms with E-state index in [1.54, 1.807) is 18.2 Å². The van der Waals surface area contributed by atoms with E-state index in [1.807, 2.05) is 4.90 Å². The number of aromatic nitrogens is 2. The molecule has 1 heterocycles. The van der Waals surface area contributed by atoms with Gasteiger partial charge in [0, 0.05) is 51.5 Å². The van der Waals surface area contributed by atoms with Crippen molar-refractivity contribution in [3.05, 3.63) is 24.0 Å². The van der Waals surface area contributed by atoms with E-state index in [2.05, 4.69) is 9.97 Å². The van der Waals surface area contributed by atoms with Crippen molar-refractivity contribution in [2.45, 2.75) is 19.1 Å². The highest BCUT2D eigenvalue weighted by molar-refractivity contribution is 6.18. The second-order valence-corrected chi connectivity index (χ2v) is 5.09. The molecule has 0 saturated carbocycles. The molecule has 0 spiro atoms. The van der Waals surface area contributed by atoms with Crippen LogP contribution in [-0.4, -0.2) is 45.9 Å². The highest BCUT2D eigenvalue weighted by atomic mass is 35.5. The lowest BCUT2D eigenvalue weighted by molar-refractivity contribution is -0.137. The molecule has 8 heteroatoms. The maximum absolute atomic E-state index is 11.1. The molecule has 128 valence electrons. The van der Waals surface area contributed by atoms with Crippen LogP contribution in [0, 0.1) is 0 Å². The van der Waals surface area contributed by atoms with Gasteiger partial charge in [0.1, 0.15) is 5.82 Å². The Bertz CT molecular complexity index is 859. The molecule has 23 heavy (non-hydrogen) atoms. The van der Waals surface area contributed by atoms with Gasteiger partial charge < -0.3 is 15.0 Å². The molecule has 0 amide bonds. The number of nitrogens with zero attached hydrogens (tertiary/aromatic N) is 2. The number of hydrogen-bond acceptors (Lipinski definition) is 3. The SMILES string of the molecule is Cl.[2H]C([2H])(C(=O)O)C([2H])([2H])C([2H])([2H])c1nc2ccc(N(CCCl)CCCl)cc2[nH]1. The molecule has 5 nitrogen and oxygen atoms in total. The van der Waals surface area contributed by atoms with Crippen LogP contribution in [0.25, 0.3) is 11.0 Å². The van der Waals surface area contributed by atoms with Crippen LogP contribution in [-0.2, 0) is 11.2 Å². The first-order valence-electron chi connectivity index (χ1n) is 9.50. The fourth-order valence-corrected chi connectivity index (χ4v) is 2.38. The number of carboxylic acid groups (broad SMARTS) is 1. The lowest BCUT2D eigenvalue weighted by Gasteiger charge is -2.22. The van der Waals surface area contributed by atoms with Gasteiger partial charge in [-0.25, -0.2) is 4.98 Å². The van der Waals surface area contributed by atoms with Crippen LogP contribution in [0.3, 0.4) is 0 Å². The summed E-state index contributed by atoms with van der Waals surface area (Å²) in [6.45, 7) is 1.06. The van der Waals surface area contributed by atoms with Crippen molar-refractivity contribution in [3.63, 3.8) is 0 Å². The summed E-state index contributed by atoms with van der Waals surface area (Å²) in [4.78, 5) is 19.7. The molecule has 2 rings (SSSR count). The van der Waals surface area contributed by atoms with Crippen molar-refractivity contribution in [1.29, 1.82) is 0 Å². The number of rotatable bonds is 9. The van der Waals surface area contributed by atoms with Gasteiger partial charge in [-0.3, -0.25) is 4.79 Å². The van der Waals surface area contributed by atoms with Crippen molar-refractivity contribution >= 4 is 58.3 Å². The van der Waals surface area contributed by atoms with Crippen molar-refractivity contribution < 1.29 is 18.1 Å². The summed E-state index contributed by atoms with van der Waals surface area (Å²) in [6.07, 6.45) is -9.91. The molecule has 0 aliphatic carbocycles. The van der Waals surface area contributed by atoms with E-state index in [0.717, 1.165) is 5.69 Å². The Labute approximate surface area is 159 Å². The number of nitrogens with one attached hydrogen (secondary N) is 1. The van der Waals surface area contributed by atoms with Crippen LogP contribution < -0.4 is 4.90 Å². The number of benzene rings is 1. The normalized spacial score (nSPS) is 16.3. The van der Waals surface area contributed by atoms with Crippen LogP contribution in [0.2, 0.25) is 0 Å². The largest absolute Gasteiger partial charge is 0.481 e. The van der Waals surface area contributed by atoms with Gasteiger partial charge in [0.05, 0.1) is 11.0 Å². The minimum atomic E-state index is -3.47. The molecular weight excluding hydrogens is 361 g/mol. The third kappa shape index (κ3) is 5.75. The molecule has 2 aromatic rings. The van der Waals surface area contributed by atoms with Crippen molar-refractivity contribution in [2.24, 2.45) is 0 Å². The fraction of sp³-hybridized carbons (Fsp3) is 0.467. The summed E-state index contributed by atoms with van der Waals surface area (Å²) in [5, 5.41) is 8.99. The molecule has 1 aromatic heterocycles. The Kier molecular flexibility index (Phi) is 5.24. The minimum absolute atomic E-state index is 0. The van der Waals surface area contributed by atoms with Crippen molar-refractivity contribution in [2.75, 3.05) is 29.7 Å². The number of alkyl halides is 2. The number of aromatic amines is 1. The summed E-state index contributed by atoms with van der Waals surface area (Å²) in [5.74, 6) is -1.86. The average Bonchev–Trinajstić information content (AvgIpc) is 3.05. The van der Waals surface area contributed by atoms with Gasteiger partial charge in [0.2, 0.25) is 0 Å². The Balaban J connectivity index is 0.00000420. The molecule has 0 radical (unpaired) electrons. The van der Waals surface area contributed by atoms with Gasteiger partial charge in [-0.2, -0.15) is 0 Å². The first-order valence-corrected chi connectivity index (χ1v) is 7.57. The lowest BCUT2D eigenvalue weighted by atomic mass is 10.2. The zero-order valence-corrected chi connectivity index (χ0v) is 14.3. The van der Waals surface area contributed by atoms with E-state index in [0.29, 0.717) is 35.9 Å². The smallest absolute Gasteiger partial charge is 0.303 e. The number of carboxylic acids is 1. The summed E-state index contributed by atoms with van der Waals surface area (Å²) in [7, 11) is 0. The maximum Gasteiger partial charge on any atom is 0.303 e. The fourth-order valence-electron chi connectivity index (χ4n) is 1.97. The summed E-state index contributed by atoms with van der Waals surface area (Å²) < 4.78 is 46.8. The highest BCUT2D eigenvalue weighted by Gasteiger charge is 2.09. The van der Waals surface area contributed by atoms with E-state index < -0.39 is 30.9 Å². The van der Waals surface area contributed by atoms with E-state index >= 15 is 0 Å². The van der Waals surface area contributed by atoms with Crippen LogP contribution >= 0.6 is 35.6 Å². The number of halogens is 3. The van der Waals surface area contributed by atoms with Gasteiger partial charge in [-0.1, -0.05) is 0 Å². The van der Waals surface area contributed by atoms with E-state index in [1.165, 1.54) is 0 Å². The van der Waals surface area contributed by atoms with Gasteiger partial charge in [0.15, 0.2) is 0 Å². The molecule has 0 aliphatic heterocycles. The number of carbonyl (C=O) groups is 1. The van der Waals surface area contributed by atoms with Gasteiger partial charge in [-0.15, -0.1) is 35.6 Å². The highest BCUT2D eigenvalue weighted by Crippen LogP contribution is 2.21. The molecule has 1 aromatic carbocycles. The zero-order valence-electron chi connectivity index (χ0n) is 18.0. The number of aliphatic carboxylic acids is 1. The number of H-pyrrole nitrogens is 1. The van der Waals surface area contributed by atoms with Crippen LogP contribution in [0.4, 0.5) is 5.69 Å². The standard InChI is InChI=1S/C15H19Cl2N3O2.ClH/c16-6-8-20(9-7-17)11-4-5-12-13(10-11)19-14(18-12)2-1-3-15(21)22;/h4-5,10H,1-3,6-9H2,(H,18,19)(H,21,22);1H/i1D2,2D2,3D2;. The average molecular weight is 387 g/mol. The lowest BCUT2D eigenvalue weighted by Crippen LogP contribution is -2.27. The number of imidazole rings is 1. The Morgan fingerprint density at radius 3 is 2.65 bits per heavy atom. The second-order valence-electron chi connectivity index (χ2n) is 4.33. The summed E-state index contributed by atoms with van der Waals surface area (Å²) in [6, 6.07) is 4.99. The monoisotopic (exact) mass is 385 g/mol. The third-order valence-electron chi connectivity index (χ3n) is 2.89. The molecule has 0 bridgehead atoms. The number of aryl methyl sites for hydroxylation is 1. The molecule has 0 unspecified atom stereocenters. The number of anilines is 1. The maximum atomic E-state index is 11.1. The van der Waals surface area contributed by atoms with Crippen molar-refractivity contribution in [3.8, 4) is 0 Å². The predicted octanol–water partition coefficient (Wildman–Crippen LogP) is 3.68. The molecule has 0 aliphatic rings. The van der Waals surface area contributed by atoms with Gasteiger partial charge >= 0.3 is 5.97 Å². The Morgan fingerprint density at radius 2 is 2.04 bits per heavy atom. The molecule has 0 fully saturated rings. The molecule has 0 saturated heterocycles. The number of fused-ring (bicyclic) bond motifs is 1.